The summed E-state index contributed by atoms with van der Waals surface area (Å²) in [6.45, 7) is 5.75. The lowest BCUT2D eigenvalue weighted by atomic mass is 10.1. The van der Waals surface area contributed by atoms with Gasteiger partial charge in [-0.2, -0.15) is 0 Å². The van der Waals surface area contributed by atoms with Gasteiger partial charge in [0.25, 0.3) is 5.91 Å². The molecular formula is C10H14N2O2. The van der Waals surface area contributed by atoms with Crippen LogP contribution >= 0.6 is 0 Å². The number of terminal acetylenes is 1. The first-order valence-corrected chi connectivity index (χ1v) is 4.43. The molecule has 0 N–H and O–H groups in total. The normalized spacial score (nSPS) is 17.6. The van der Waals surface area contributed by atoms with Gasteiger partial charge in [-0.15, -0.1) is 6.42 Å². The Morgan fingerprint density at radius 1 is 1.43 bits per heavy atom. The van der Waals surface area contributed by atoms with E-state index in [0.717, 1.165) is 0 Å². The monoisotopic (exact) mass is 194 g/mol. The van der Waals surface area contributed by atoms with Crippen molar-refractivity contribution < 1.29 is 9.59 Å². The van der Waals surface area contributed by atoms with Crippen LogP contribution in [0.25, 0.3) is 0 Å². The van der Waals surface area contributed by atoms with Crippen LogP contribution in [0.2, 0.25) is 0 Å². The van der Waals surface area contributed by atoms with E-state index in [-0.39, 0.29) is 25.0 Å². The van der Waals surface area contributed by atoms with Gasteiger partial charge in [0.15, 0.2) is 0 Å². The van der Waals surface area contributed by atoms with Crippen LogP contribution in [0, 0.1) is 12.3 Å². The third-order valence-corrected chi connectivity index (χ3v) is 1.99. The lowest BCUT2D eigenvalue weighted by Gasteiger charge is -2.29. The predicted octanol–water partition coefficient (Wildman–Crippen LogP) is 0.682. The van der Waals surface area contributed by atoms with Crippen LogP contribution in [0.4, 0.5) is 4.79 Å². The van der Waals surface area contributed by atoms with Gasteiger partial charge in [-0.1, -0.05) is 5.92 Å². The zero-order valence-corrected chi connectivity index (χ0v) is 8.70. The Labute approximate surface area is 83.9 Å². The smallest absolute Gasteiger partial charge is 0.304 e. The van der Waals surface area contributed by atoms with E-state index in [4.69, 9.17) is 6.42 Å². The van der Waals surface area contributed by atoms with Gasteiger partial charge < -0.3 is 4.90 Å². The average molecular weight is 194 g/mol. The van der Waals surface area contributed by atoms with E-state index in [1.165, 1.54) is 9.80 Å². The molecule has 0 saturated carbocycles. The standard InChI is InChI=1S/C10H14N2O2/c1-5-6-11-7-8(13)12(9(11)14)10(2,3)4/h1H,6-7H2,2-4H3. The third-order valence-electron chi connectivity index (χ3n) is 1.99. The van der Waals surface area contributed by atoms with E-state index in [2.05, 4.69) is 5.92 Å². The van der Waals surface area contributed by atoms with E-state index in [0.29, 0.717) is 0 Å². The van der Waals surface area contributed by atoms with Crippen LogP contribution in [-0.2, 0) is 4.79 Å². The summed E-state index contributed by atoms with van der Waals surface area (Å²) in [7, 11) is 0. The number of imide groups is 1. The van der Waals surface area contributed by atoms with Crippen molar-refractivity contribution in [2.45, 2.75) is 26.3 Å². The van der Waals surface area contributed by atoms with Crippen molar-refractivity contribution in [3.8, 4) is 12.3 Å². The molecule has 1 aliphatic rings. The number of amides is 3. The van der Waals surface area contributed by atoms with Crippen molar-refractivity contribution in [1.82, 2.24) is 9.80 Å². The maximum Gasteiger partial charge on any atom is 0.328 e. The number of hydrogen-bond donors (Lipinski definition) is 0. The van der Waals surface area contributed by atoms with Crippen molar-refractivity contribution in [2.24, 2.45) is 0 Å². The molecule has 0 unspecified atom stereocenters. The summed E-state index contributed by atoms with van der Waals surface area (Å²) < 4.78 is 0. The number of rotatable bonds is 1. The third kappa shape index (κ3) is 1.72. The highest BCUT2D eigenvalue weighted by atomic mass is 16.2. The minimum absolute atomic E-state index is 0.0975. The number of urea groups is 1. The molecule has 1 aliphatic heterocycles. The first-order chi connectivity index (χ1) is 6.38. The molecule has 0 aromatic carbocycles. The molecule has 0 aromatic heterocycles. The fourth-order valence-corrected chi connectivity index (χ4v) is 1.44. The molecule has 0 aliphatic carbocycles. The largest absolute Gasteiger partial charge is 0.328 e. The van der Waals surface area contributed by atoms with Crippen LogP contribution in [-0.4, -0.2) is 40.4 Å². The van der Waals surface area contributed by atoms with Gasteiger partial charge in [0, 0.05) is 5.54 Å². The van der Waals surface area contributed by atoms with Gasteiger partial charge in [0.2, 0.25) is 0 Å². The van der Waals surface area contributed by atoms with Crippen LogP contribution in [0.1, 0.15) is 20.8 Å². The average Bonchev–Trinajstić information content (AvgIpc) is 2.26. The van der Waals surface area contributed by atoms with Crippen LogP contribution in [0.15, 0.2) is 0 Å². The van der Waals surface area contributed by atoms with E-state index in [1.807, 2.05) is 20.8 Å². The zero-order valence-electron chi connectivity index (χ0n) is 8.70. The number of nitrogens with zero attached hydrogens (tertiary/aromatic N) is 2. The summed E-state index contributed by atoms with van der Waals surface area (Å²) in [5.74, 6) is 2.18. The predicted molar refractivity (Wildman–Crippen MR) is 52.4 cm³/mol. The highest BCUT2D eigenvalue weighted by Gasteiger charge is 2.41. The minimum atomic E-state index is -0.475. The highest BCUT2D eigenvalue weighted by Crippen LogP contribution is 2.21. The molecule has 14 heavy (non-hydrogen) atoms. The first-order valence-electron chi connectivity index (χ1n) is 4.43. The van der Waals surface area contributed by atoms with Gasteiger partial charge in [-0.05, 0) is 20.8 Å². The maximum atomic E-state index is 11.7. The van der Waals surface area contributed by atoms with Crippen LogP contribution in [0.5, 0.6) is 0 Å². The minimum Gasteiger partial charge on any atom is -0.304 e. The quantitative estimate of drug-likeness (QED) is 0.455. The molecule has 0 atom stereocenters. The van der Waals surface area contributed by atoms with Gasteiger partial charge in [-0.25, -0.2) is 4.79 Å². The van der Waals surface area contributed by atoms with Gasteiger partial charge >= 0.3 is 6.03 Å². The first kappa shape index (κ1) is 10.6. The van der Waals surface area contributed by atoms with E-state index in [1.54, 1.807) is 0 Å². The molecule has 1 rings (SSSR count). The second kappa shape index (κ2) is 3.33. The molecule has 1 fully saturated rings. The fraction of sp³-hybridized carbons (Fsp3) is 0.600. The second-order valence-corrected chi connectivity index (χ2v) is 4.24. The van der Waals surface area contributed by atoms with Crippen LogP contribution < -0.4 is 0 Å². The Morgan fingerprint density at radius 2 is 2.00 bits per heavy atom. The Kier molecular flexibility index (Phi) is 2.52. The van der Waals surface area contributed by atoms with Crippen molar-refractivity contribution in [3.63, 3.8) is 0 Å². The summed E-state index contributed by atoms with van der Waals surface area (Å²) in [5, 5.41) is 0. The molecule has 0 aromatic rings. The molecule has 0 bridgehead atoms. The molecule has 0 spiro atoms. The topological polar surface area (TPSA) is 40.6 Å². The molecule has 1 heterocycles. The summed E-state index contributed by atoms with van der Waals surface area (Å²) in [5.41, 5.74) is -0.475. The molecule has 4 nitrogen and oxygen atoms in total. The number of hydrogen-bond acceptors (Lipinski definition) is 2. The van der Waals surface area contributed by atoms with E-state index >= 15 is 0 Å². The molecule has 1 saturated heterocycles. The zero-order chi connectivity index (χ0) is 10.9. The molecule has 3 amide bonds. The molecule has 0 radical (unpaired) electrons. The number of carbonyl (C=O) groups is 2. The van der Waals surface area contributed by atoms with Crippen molar-refractivity contribution >= 4 is 11.9 Å². The van der Waals surface area contributed by atoms with Crippen molar-refractivity contribution in [3.05, 3.63) is 0 Å². The lowest BCUT2D eigenvalue weighted by Crippen LogP contribution is -2.46. The summed E-state index contributed by atoms with van der Waals surface area (Å²) >= 11 is 0. The molecular weight excluding hydrogens is 180 g/mol. The van der Waals surface area contributed by atoms with Crippen LogP contribution in [0.3, 0.4) is 0 Å². The van der Waals surface area contributed by atoms with Gasteiger partial charge in [0.1, 0.15) is 6.54 Å². The summed E-state index contributed by atoms with van der Waals surface area (Å²) in [6, 6.07) is -0.291. The summed E-state index contributed by atoms with van der Waals surface area (Å²) in [6.07, 6.45) is 5.10. The Morgan fingerprint density at radius 3 is 2.36 bits per heavy atom. The molecule has 4 heteroatoms. The second-order valence-electron chi connectivity index (χ2n) is 4.24. The lowest BCUT2D eigenvalue weighted by molar-refractivity contribution is -0.128. The SMILES string of the molecule is C#CCN1CC(=O)N(C(C)(C)C)C1=O. The highest BCUT2D eigenvalue weighted by molar-refractivity contribution is 6.02. The summed E-state index contributed by atoms with van der Waals surface area (Å²) in [4.78, 5) is 25.8. The maximum absolute atomic E-state index is 11.7. The Bertz CT molecular complexity index is 309. The van der Waals surface area contributed by atoms with Gasteiger partial charge in [-0.3, -0.25) is 9.69 Å². The van der Waals surface area contributed by atoms with E-state index < -0.39 is 5.54 Å². The Balaban J connectivity index is 2.87. The van der Waals surface area contributed by atoms with Crippen molar-refractivity contribution in [1.29, 1.82) is 0 Å². The fourth-order valence-electron chi connectivity index (χ4n) is 1.44. The Hall–Kier alpha value is -1.50. The number of carbonyl (C=O) groups excluding carboxylic acids is 2. The molecule has 76 valence electrons. The van der Waals surface area contributed by atoms with E-state index in [9.17, 15) is 9.59 Å². The van der Waals surface area contributed by atoms with Crippen molar-refractivity contribution in [2.75, 3.05) is 13.1 Å². The van der Waals surface area contributed by atoms with Gasteiger partial charge in [0.05, 0.1) is 6.54 Å².